The van der Waals surface area contributed by atoms with E-state index in [2.05, 4.69) is 10.1 Å². The molecule has 7 heteroatoms. The normalized spacial score (nSPS) is 10.7. The summed E-state index contributed by atoms with van der Waals surface area (Å²) in [5.41, 5.74) is 3.04. The maximum absolute atomic E-state index is 10.9. The fourth-order valence-electron chi connectivity index (χ4n) is 1.69. The average molecular weight is 222 g/mol. The highest BCUT2D eigenvalue weighted by Crippen LogP contribution is 2.27. The van der Waals surface area contributed by atoms with E-state index in [1.165, 1.54) is 10.9 Å². The molecule has 2 rings (SSSR count). The fraction of sp³-hybridized carbons (Fsp3) is 0.222. The maximum atomic E-state index is 10.9. The zero-order valence-corrected chi connectivity index (χ0v) is 8.72. The summed E-state index contributed by atoms with van der Waals surface area (Å²) in [6, 6.07) is 0. The van der Waals surface area contributed by atoms with Gasteiger partial charge in [0.05, 0.1) is 16.8 Å². The Hall–Kier alpha value is -2.15. The third kappa shape index (κ3) is 1.29. The Morgan fingerprint density at radius 3 is 2.81 bits per heavy atom. The van der Waals surface area contributed by atoms with Crippen LogP contribution in [-0.2, 0) is 7.05 Å². The number of rotatable bonds is 2. The second kappa shape index (κ2) is 3.46. The van der Waals surface area contributed by atoms with Crippen molar-refractivity contribution in [2.45, 2.75) is 6.92 Å². The van der Waals surface area contributed by atoms with E-state index in [4.69, 9.17) is 10.3 Å². The van der Waals surface area contributed by atoms with Gasteiger partial charge in [0.25, 0.3) is 0 Å². The van der Waals surface area contributed by atoms with Crippen molar-refractivity contribution in [3.05, 3.63) is 17.5 Å². The minimum absolute atomic E-state index is 0.0916. The molecule has 0 saturated heterocycles. The molecule has 0 spiro atoms. The summed E-state index contributed by atoms with van der Waals surface area (Å²) < 4.78 is 1.52. The van der Waals surface area contributed by atoms with Crippen molar-refractivity contribution in [3.63, 3.8) is 0 Å². The first kappa shape index (κ1) is 10.4. The summed E-state index contributed by atoms with van der Waals surface area (Å²) in [5.74, 6) is -1.16. The first-order chi connectivity index (χ1) is 7.56. The molecule has 0 radical (unpaired) electrons. The quantitative estimate of drug-likeness (QED) is 0.649. The number of nitrogens with one attached hydrogen (secondary N) is 1. The molecule has 7 nitrogen and oxygen atoms in total. The van der Waals surface area contributed by atoms with Gasteiger partial charge in [0.2, 0.25) is 0 Å². The molecule has 0 bridgehead atoms. The predicted molar refractivity (Wildman–Crippen MR) is 55.6 cm³/mol. The highest BCUT2D eigenvalue weighted by molar-refractivity contribution is 6.04. The first-order valence-electron chi connectivity index (χ1n) is 4.52. The van der Waals surface area contributed by atoms with Gasteiger partial charge in [-0.3, -0.25) is 15.4 Å². The molecule has 0 atom stereocenters. The lowest BCUT2D eigenvalue weighted by Crippen LogP contribution is -2.05. The Kier molecular flexibility index (Phi) is 2.24. The lowest BCUT2D eigenvalue weighted by atomic mass is 10.1. The average Bonchev–Trinajstić information content (AvgIpc) is 2.53. The van der Waals surface area contributed by atoms with E-state index >= 15 is 0 Å². The number of carboxylic acid groups (broad SMARTS) is 1. The Bertz CT molecular complexity index is 576. The number of aromatic nitrogens is 3. The Balaban J connectivity index is 2.90. The molecule has 84 valence electrons. The number of nitrogens with zero attached hydrogens (tertiary/aromatic N) is 3. The molecule has 2 aromatic rings. The van der Waals surface area contributed by atoms with Crippen LogP contribution in [-0.4, -0.2) is 31.0 Å². The molecule has 16 heavy (non-hydrogen) atoms. The largest absolute Gasteiger partial charge is 0.478 e. The fourth-order valence-corrected chi connectivity index (χ4v) is 1.69. The molecule has 0 aliphatic heterocycles. The Labute approximate surface area is 90.3 Å². The first-order valence-corrected chi connectivity index (χ1v) is 4.52. The monoisotopic (exact) mass is 222 g/mol. The summed E-state index contributed by atoms with van der Waals surface area (Å²) in [7, 11) is 1.70. The van der Waals surface area contributed by atoms with Crippen molar-refractivity contribution in [1.29, 1.82) is 0 Å². The van der Waals surface area contributed by atoms with Crippen molar-refractivity contribution in [1.82, 2.24) is 14.8 Å². The standard InChI is InChI=1S/C9H10N4O3/c1-4-6-7(12-16)5(9(14)15)3-10-8(6)13(2)11-4/h3,16H,1-2H3,(H,10,12)(H,14,15). The third-order valence-electron chi connectivity index (χ3n) is 2.37. The zero-order chi connectivity index (χ0) is 11.9. The van der Waals surface area contributed by atoms with Gasteiger partial charge in [0.15, 0.2) is 5.65 Å². The van der Waals surface area contributed by atoms with Crippen LogP contribution in [0, 0.1) is 6.92 Å². The molecular weight excluding hydrogens is 212 g/mol. The molecule has 0 fully saturated rings. The van der Waals surface area contributed by atoms with Crippen molar-refractivity contribution >= 4 is 22.7 Å². The number of aromatic carboxylic acids is 1. The summed E-state index contributed by atoms with van der Waals surface area (Å²) >= 11 is 0. The highest BCUT2D eigenvalue weighted by Gasteiger charge is 2.18. The molecule has 0 amide bonds. The Morgan fingerprint density at radius 2 is 2.25 bits per heavy atom. The van der Waals surface area contributed by atoms with Crippen LogP contribution in [0.4, 0.5) is 5.69 Å². The van der Waals surface area contributed by atoms with Crippen LogP contribution in [0.5, 0.6) is 0 Å². The molecular formula is C9H10N4O3. The number of fused-ring (bicyclic) bond motifs is 1. The molecule has 3 N–H and O–H groups in total. The predicted octanol–water partition coefficient (Wildman–Crippen LogP) is 0.776. The maximum Gasteiger partial charge on any atom is 0.339 e. The van der Waals surface area contributed by atoms with Gasteiger partial charge in [-0.2, -0.15) is 5.10 Å². The van der Waals surface area contributed by atoms with Crippen LogP contribution in [0.15, 0.2) is 6.20 Å². The lowest BCUT2D eigenvalue weighted by molar-refractivity contribution is 0.0697. The van der Waals surface area contributed by atoms with E-state index in [0.717, 1.165) is 0 Å². The molecule has 2 heterocycles. The minimum Gasteiger partial charge on any atom is -0.478 e. The van der Waals surface area contributed by atoms with Gasteiger partial charge in [-0.1, -0.05) is 0 Å². The third-order valence-corrected chi connectivity index (χ3v) is 2.37. The van der Waals surface area contributed by atoms with Crippen molar-refractivity contribution in [2.75, 3.05) is 5.48 Å². The second-order valence-corrected chi connectivity index (χ2v) is 3.37. The van der Waals surface area contributed by atoms with Crippen molar-refractivity contribution < 1.29 is 15.1 Å². The van der Waals surface area contributed by atoms with Gasteiger partial charge in [0.1, 0.15) is 5.56 Å². The van der Waals surface area contributed by atoms with E-state index in [0.29, 0.717) is 16.7 Å². The number of aryl methyl sites for hydroxylation is 2. The van der Waals surface area contributed by atoms with E-state index in [1.54, 1.807) is 14.0 Å². The number of hydrogen-bond donors (Lipinski definition) is 3. The van der Waals surface area contributed by atoms with E-state index in [1.807, 2.05) is 5.48 Å². The summed E-state index contributed by atoms with van der Waals surface area (Å²) in [6.45, 7) is 1.72. The van der Waals surface area contributed by atoms with E-state index in [9.17, 15) is 4.79 Å². The van der Waals surface area contributed by atoms with Gasteiger partial charge in [-0.05, 0) is 6.92 Å². The van der Waals surface area contributed by atoms with E-state index in [-0.39, 0.29) is 11.3 Å². The van der Waals surface area contributed by atoms with Gasteiger partial charge in [0, 0.05) is 13.2 Å². The summed E-state index contributed by atoms with van der Waals surface area (Å²) in [5, 5.41) is 22.6. The van der Waals surface area contributed by atoms with Crippen molar-refractivity contribution in [3.8, 4) is 0 Å². The number of carbonyl (C=O) groups is 1. The lowest BCUT2D eigenvalue weighted by Gasteiger charge is -2.05. The van der Waals surface area contributed by atoms with Crippen LogP contribution in [0.3, 0.4) is 0 Å². The van der Waals surface area contributed by atoms with Crippen LogP contribution in [0.2, 0.25) is 0 Å². The molecule has 2 aromatic heterocycles. The number of carboxylic acids is 1. The second-order valence-electron chi connectivity index (χ2n) is 3.37. The molecule has 0 unspecified atom stereocenters. The van der Waals surface area contributed by atoms with E-state index < -0.39 is 5.97 Å². The smallest absolute Gasteiger partial charge is 0.339 e. The molecule has 0 aliphatic rings. The minimum atomic E-state index is -1.16. The summed E-state index contributed by atoms with van der Waals surface area (Å²) in [4.78, 5) is 14.9. The Morgan fingerprint density at radius 1 is 1.56 bits per heavy atom. The van der Waals surface area contributed by atoms with Gasteiger partial charge < -0.3 is 5.11 Å². The zero-order valence-electron chi connectivity index (χ0n) is 8.72. The topological polar surface area (TPSA) is 100 Å². The molecule has 0 saturated carbocycles. The highest BCUT2D eigenvalue weighted by atomic mass is 16.5. The SMILES string of the molecule is Cc1nn(C)c2ncc(C(=O)O)c(NO)c12. The molecule has 0 aliphatic carbocycles. The summed E-state index contributed by atoms with van der Waals surface area (Å²) in [6.07, 6.45) is 1.18. The number of anilines is 1. The van der Waals surface area contributed by atoms with Gasteiger partial charge in [-0.25, -0.2) is 9.78 Å². The number of pyridine rings is 1. The number of hydrogen-bond acceptors (Lipinski definition) is 5. The van der Waals surface area contributed by atoms with Crippen LogP contribution < -0.4 is 5.48 Å². The molecule has 0 aromatic carbocycles. The van der Waals surface area contributed by atoms with Crippen LogP contribution >= 0.6 is 0 Å². The van der Waals surface area contributed by atoms with Crippen LogP contribution in [0.1, 0.15) is 16.1 Å². The van der Waals surface area contributed by atoms with Gasteiger partial charge in [-0.15, -0.1) is 0 Å². The van der Waals surface area contributed by atoms with Crippen molar-refractivity contribution in [2.24, 2.45) is 7.05 Å². The van der Waals surface area contributed by atoms with Gasteiger partial charge >= 0.3 is 5.97 Å². The van der Waals surface area contributed by atoms with Crippen LogP contribution in [0.25, 0.3) is 11.0 Å².